The van der Waals surface area contributed by atoms with Crippen LogP contribution in [0.4, 0.5) is 11.4 Å². The molecule has 0 saturated heterocycles. The van der Waals surface area contributed by atoms with Crippen molar-refractivity contribution in [2.75, 3.05) is 11.9 Å². The lowest BCUT2D eigenvalue weighted by atomic mass is 10.1. The number of rotatable bonds is 6. The number of nitrogens with one attached hydrogen (secondary N) is 2. The van der Waals surface area contributed by atoms with Crippen molar-refractivity contribution in [1.29, 1.82) is 0 Å². The van der Waals surface area contributed by atoms with E-state index in [1.54, 1.807) is 25.1 Å². The number of nitrogens with zero attached hydrogens (tertiary/aromatic N) is 1. The molecule has 0 aliphatic carbocycles. The third-order valence-electron chi connectivity index (χ3n) is 3.69. The number of aryl methyl sites for hydroxylation is 1. The van der Waals surface area contributed by atoms with Crippen molar-refractivity contribution in [3.05, 3.63) is 67.7 Å². The van der Waals surface area contributed by atoms with Crippen LogP contribution in [0.1, 0.15) is 24.1 Å². The molecule has 0 spiro atoms. The predicted molar refractivity (Wildman–Crippen MR) is 99.3 cm³/mol. The summed E-state index contributed by atoms with van der Waals surface area (Å²) in [6.07, 6.45) is 0. The molecule has 25 heavy (non-hydrogen) atoms. The molecule has 132 valence electrons. The van der Waals surface area contributed by atoms with Crippen LogP contribution in [-0.4, -0.2) is 17.4 Å². The second kappa shape index (κ2) is 8.29. The van der Waals surface area contributed by atoms with Crippen molar-refractivity contribution >= 4 is 40.5 Å². The van der Waals surface area contributed by atoms with E-state index in [9.17, 15) is 14.9 Å². The summed E-state index contributed by atoms with van der Waals surface area (Å²) in [6.45, 7) is 3.65. The fourth-order valence-electron chi connectivity index (χ4n) is 2.30. The first-order valence-corrected chi connectivity index (χ1v) is 8.26. The van der Waals surface area contributed by atoms with E-state index in [2.05, 4.69) is 10.6 Å². The fraction of sp³-hybridized carbons (Fsp3) is 0.235. The maximum atomic E-state index is 12.1. The van der Waals surface area contributed by atoms with Crippen LogP contribution in [0.5, 0.6) is 0 Å². The van der Waals surface area contributed by atoms with Gasteiger partial charge in [0, 0.05) is 33.9 Å². The van der Waals surface area contributed by atoms with Gasteiger partial charge in [0.05, 0.1) is 11.5 Å². The number of hydrogen-bond donors (Lipinski definition) is 2. The van der Waals surface area contributed by atoms with E-state index in [0.29, 0.717) is 21.3 Å². The number of anilines is 1. The third kappa shape index (κ3) is 5.16. The van der Waals surface area contributed by atoms with Crippen LogP contribution < -0.4 is 10.6 Å². The zero-order valence-corrected chi connectivity index (χ0v) is 15.2. The van der Waals surface area contributed by atoms with Crippen molar-refractivity contribution in [2.45, 2.75) is 19.9 Å². The third-order valence-corrected chi connectivity index (χ3v) is 4.26. The Bertz CT molecular complexity index is 812. The van der Waals surface area contributed by atoms with Gasteiger partial charge in [0.2, 0.25) is 5.91 Å². The second-order valence-electron chi connectivity index (χ2n) is 5.57. The smallest absolute Gasteiger partial charge is 0.269 e. The molecular weight excluding hydrogens is 365 g/mol. The standard InChI is InChI=1S/C17H17Cl2N3O3/c1-10-7-13(22(24)25)4-6-16(10)21-17(23)9-20-11(2)14-5-3-12(18)8-15(14)19/h3-8,11,20H,9H2,1-2H3,(H,21,23)/t11-/m1/s1. The average molecular weight is 382 g/mol. The first-order chi connectivity index (χ1) is 11.8. The van der Waals surface area contributed by atoms with E-state index < -0.39 is 4.92 Å². The predicted octanol–water partition coefficient (Wildman–Crippen LogP) is 4.50. The summed E-state index contributed by atoms with van der Waals surface area (Å²) in [7, 11) is 0. The summed E-state index contributed by atoms with van der Waals surface area (Å²) in [5, 5.41) is 17.6. The van der Waals surface area contributed by atoms with Crippen LogP contribution in [0.2, 0.25) is 10.0 Å². The number of nitro benzene ring substituents is 1. The quantitative estimate of drug-likeness (QED) is 0.569. The summed E-state index contributed by atoms with van der Waals surface area (Å²) in [5.41, 5.74) is 1.98. The number of halogens is 2. The minimum atomic E-state index is -0.475. The highest BCUT2D eigenvalue weighted by molar-refractivity contribution is 6.35. The number of benzene rings is 2. The minimum Gasteiger partial charge on any atom is -0.325 e. The zero-order chi connectivity index (χ0) is 18.6. The monoisotopic (exact) mass is 381 g/mol. The molecule has 2 rings (SSSR count). The van der Waals surface area contributed by atoms with Crippen LogP contribution in [0.3, 0.4) is 0 Å². The highest BCUT2D eigenvalue weighted by Gasteiger charge is 2.13. The first-order valence-electron chi connectivity index (χ1n) is 7.51. The normalized spacial score (nSPS) is 11.8. The molecule has 2 N–H and O–H groups in total. The summed E-state index contributed by atoms with van der Waals surface area (Å²) in [6, 6.07) is 9.34. The van der Waals surface area contributed by atoms with E-state index in [1.165, 1.54) is 18.2 Å². The Morgan fingerprint density at radius 2 is 1.96 bits per heavy atom. The van der Waals surface area contributed by atoms with Gasteiger partial charge in [0.25, 0.3) is 5.69 Å². The van der Waals surface area contributed by atoms with Crippen molar-refractivity contribution in [3.63, 3.8) is 0 Å². The van der Waals surface area contributed by atoms with Gasteiger partial charge < -0.3 is 10.6 Å². The maximum Gasteiger partial charge on any atom is 0.269 e. The first kappa shape index (κ1) is 19.2. The molecule has 2 aromatic rings. The number of amides is 1. The summed E-state index contributed by atoms with van der Waals surface area (Å²) in [5.74, 6) is -0.256. The topological polar surface area (TPSA) is 84.3 Å². The van der Waals surface area contributed by atoms with E-state index >= 15 is 0 Å². The van der Waals surface area contributed by atoms with Crippen LogP contribution in [0, 0.1) is 17.0 Å². The summed E-state index contributed by atoms with van der Waals surface area (Å²) in [4.78, 5) is 22.4. The van der Waals surface area contributed by atoms with Gasteiger partial charge in [-0.15, -0.1) is 0 Å². The molecule has 6 nitrogen and oxygen atoms in total. The van der Waals surface area contributed by atoms with E-state index in [1.807, 2.05) is 6.92 Å². The van der Waals surface area contributed by atoms with Crippen molar-refractivity contribution in [3.8, 4) is 0 Å². The average Bonchev–Trinajstić information content (AvgIpc) is 2.54. The summed E-state index contributed by atoms with van der Waals surface area (Å²) < 4.78 is 0. The molecule has 0 aliphatic heterocycles. The van der Waals surface area contributed by atoms with Gasteiger partial charge in [-0.25, -0.2) is 0 Å². The molecule has 8 heteroatoms. The Labute approximate surface area is 155 Å². The van der Waals surface area contributed by atoms with E-state index in [-0.39, 0.29) is 24.2 Å². The fourth-order valence-corrected chi connectivity index (χ4v) is 2.88. The van der Waals surface area contributed by atoms with Gasteiger partial charge in [-0.2, -0.15) is 0 Å². The maximum absolute atomic E-state index is 12.1. The van der Waals surface area contributed by atoms with Crippen LogP contribution in [-0.2, 0) is 4.79 Å². The van der Waals surface area contributed by atoms with Gasteiger partial charge in [0.1, 0.15) is 0 Å². The molecule has 0 radical (unpaired) electrons. The van der Waals surface area contributed by atoms with Crippen LogP contribution >= 0.6 is 23.2 Å². The van der Waals surface area contributed by atoms with Gasteiger partial charge in [-0.05, 0) is 43.2 Å². The number of nitro groups is 1. The molecule has 0 aromatic heterocycles. The lowest BCUT2D eigenvalue weighted by Crippen LogP contribution is -2.30. The lowest BCUT2D eigenvalue weighted by Gasteiger charge is -2.16. The second-order valence-corrected chi connectivity index (χ2v) is 6.42. The van der Waals surface area contributed by atoms with Crippen molar-refractivity contribution < 1.29 is 9.72 Å². The Hall–Kier alpha value is -2.15. The molecule has 0 heterocycles. The molecule has 0 aliphatic rings. The Kier molecular flexibility index (Phi) is 6.36. The number of hydrogen-bond acceptors (Lipinski definition) is 4. The molecule has 2 aromatic carbocycles. The largest absolute Gasteiger partial charge is 0.325 e. The number of non-ortho nitro benzene ring substituents is 1. The van der Waals surface area contributed by atoms with Gasteiger partial charge in [-0.3, -0.25) is 14.9 Å². The zero-order valence-electron chi connectivity index (χ0n) is 13.7. The van der Waals surface area contributed by atoms with Gasteiger partial charge in [0.15, 0.2) is 0 Å². The van der Waals surface area contributed by atoms with E-state index in [0.717, 1.165) is 5.56 Å². The van der Waals surface area contributed by atoms with E-state index in [4.69, 9.17) is 23.2 Å². The van der Waals surface area contributed by atoms with Crippen molar-refractivity contribution in [2.24, 2.45) is 0 Å². The van der Waals surface area contributed by atoms with Crippen LogP contribution in [0.15, 0.2) is 36.4 Å². The number of carbonyl (C=O) groups is 1. The Morgan fingerprint density at radius 3 is 2.56 bits per heavy atom. The highest BCUT2D eigenvalue weighted by atomic mass is 35.5. The summed E-state index contributed by atoms with van der Waals surface area (Å²) >= 11 is 12.0. The molecular formula is C17H17Cl2N3O3. The molecule has 0 fully saturated rings. The lowest BCUT2D eigenvalue weighted by molar-refractivity contribution is -0.384. The molecule has 0 unspecified atom stereocenters. The molecule has 1 atom stereocenters. The minimum absolute atomic E-state index is 0.0142. The molecule has 1 amide bonds. The molecule has 0 saturated carbocycles. The number of carbonyl (C=O) groups excluding carboxylic acids is 1. The highest BCUT2D eigenvalue weighted by Crippen LogP contribution is 2.26. The van der Waals surface area contributed by atoms with Gasteiger partial charge in [-0.1, -0.05) is 29.3 Å². The molecule has 0 bridgehead atoms. The Morgan fingerprint density at radius 1 is 1.24 bits per heavy atom. The van der Waals surface area contributed by atoms with Crippen molar-refractivity contribution in [1.82, 2.24) is 5.32 Å². The van der Waals surface area contributed by atoms with Gasteiger partial charge >= 0.3 is 0 Å². The van der Waals surface area contributed by atoms with Crippen LogP contribution in [0.25, 0.3) is 0 Å². The Balaban J connectivity index is 1.95. The SMILES string of the molecule is Cc1cc([N+](=O)[O-])ccc1NC(=O)CN[C@H](C)c1ccc(Cl)cc1Cl.